The van der Waals surface area contributed by atoms with Crippen molar-refractivity contribution in [2.24, 2.45) is 5.73 Å². The third-order valence-electron chi connectivity index (χ3n) is 2.88. The summed E-state index contributed by atoms with van der Waals surface area (Å²) in [6, 6.07) is 13.2. The predicted octanol–water partition coefficient (Wildman–Crippen LogP) is 1.81. The van der Waals surface area contributed by atoms with Gasteiger partial charge in [-0.3, -0.25) is 9.59 Å². The molecule has 114 valence electrons. The Labute approximate surface area is 127 Å². The second-order valence-corrected chi connectivity index (χ2v) is 4.45. The molecule has 0 aliphatic rings. The summed E-state index contributed by atoms with van der Waals surface area (Å²) in [5.41, 5.74) is 6.09. The fourth-order valence-corrected chi connectivity index (χ4v) is 1.74. The Kier molecular flexibility index (Phi) is 4.98. The van der Waals surface area contributed by atoms with Crippen molar-refractivity contribution in [2.75, 3.05) is 19.0 Å². The Balaban J connectivity index is 1.85. The molecule has 0 spiro atoms. The average molecular weight is 300 g/mol. The maximum atomic E-state index is 11.8. The van der Waals surface area contributed by atoms with Gasteiger partial charge in [0.05, 0.1) is 7.11 Å². The number of carbonyl (C=O) groups is 2. The molecule has 3 N–H and O–H groups in total. The van der Waals surface area contributed by atoms with Crippen LogP contribution in [-0.4, -0.2) is 25.5 Å². The number of hydrogen-bond donors (Lipinski definition) is 2. The number of nitrogens with two attached hydrogens (primary N) is 1. The lowest BCUT2D eigenvalue weighted by molar-refractivity contribution is -0.118. The van der Waals surface area contributed by atoms with Crippen LogP contribution in [0.5, 0.6) is 11.5 Å². The monoisotopic (exact) mass is 300 g/mol. The van der Waals surface area contributed by atoms with E-state index in [0.29, 0.717) is 22.7 Å². The molecule has 0 atom stereocenters. The number of anilines is 1. The predicted molar refractivity (Wildman–Crippen MR) is 82.1 cm³/mol. The standard InChI is InChI=1S/C16H16N2O4/c1-21-13-6-8-14(9-7-13)22-10-15(19)18-12-4-2-11(3-5-12)16(17)20/h2-9H,10H2,1H3,(H2,17,20)(H,18,19). The molecule has 0 radical (unpaired) electrons. The quantitative estimate of drug-likeness (QED) is 0.851. The summed E-state index contributed by atoms with van der Waals surface area (Å²) < 4.78 is 10.4. The van der Waals surface area contributed by atoms with E-state index in [9.17, 15) is 9.59 Å². The smallest absolute Gasteiger partial charge is 0.262 e. The second kappa shape index (κ2) is 7.12. The van der Waals surface area contributed by atoms with Crippen LogP contribution in [0.25, 0.3) is 0 Å². The van der Waals surface area contributed by atoms with Crippen LogP contribution >= 0.6 is 0 Å². The van der Waals surface area contributed by atoms with Gasteiger partial charge in [-0.05, 0) is 48.5 Å². The van der Waals surface area contributed by atoms with E-state index in [1.807, 2.05) is 0 Å². The van der Waals surface area contributed by atoms with Crippen LogP contribution in [0.15, 0.2) is 48.5 Å². The molecular weight excluding hydrogens is 284 g/mol. The minimum absolute atomic E-state index is 0.121. The first-order chi connectivity index (χ1) is 10.6. The van der Waals surface area contributed by atoms with Gasteiger partial charge in [-0.15, -0.1) is 0 Å². The molecule has 0 aliphatic heterocycles. The molecule has 2 amide bonds. The van der Waals surface area contributed by atoms with Crippen molar-refractivity contribution in [2.45, 2.75) is 0 Å². The van der Waals surface area contributed by atoms with E-state index in [1.54, 1.807) is 55.6 Å². The molecule has 0 aliphatic carbocycles. The number of benzene rings is 2. The molecule has 0 fully saturated rings. The number of hydrogen-bond acceptors (Lipinski definition) is 4. The van der Waals surface area contributed by atoms with E-state index in [-0.39, 0.29) is 12.5 Å². The van der Waals surface area contributed by atoms with Crippen LogP contribution in [0.3, 0.4) is 0 Å². The van der Waals surface area contributed by atoms with Gasteiger partial charge in [0.25, 0.3) is 5.91 Å². The lowest BCUT2D eigenvalue weighted by Gasteiger charge is -2.08. The van der Waals surface area contributed by atoms with Gasteiger partial charge in [0.2, 0.25) is 5.91 Å². The van der Waals surface area contributed by atoms with E-state index in [0.717, 1.165) is 0 Å². The molecule has 0 bridgehead atoms. The topological polar surface area (TPSA) is 90.7 Å². The minimum Gasteiger partial charge on any atom is -0.497 e. The molecule has 22 heavy (non-hydrogen) atoms. The first-order valence-electron chi connectivity index (χ1n) is 6.55. The van der Waals surface area contributed by atoms with Gasteiger partial charge in [0, 0.05) is 11.3 Å². The van der Waals surface area contributed by atoms with E-state index in [2.05, 4.69) is 5.32 Å². The summed E-state index contributed by atoms with van der Waals surface area (Å²) in [5.74, 6) is 0.467. The fourth-order valence-electron chi connectivity index (χ4n) is 1.74. The lowest BCUT2D eigenvalue weighted by atomic mass is 10.2. The molecule has 0 saturated carbocycles. The Hall–Kier alpha value is -3.02. The summed E-state index contributed by atoms with van der Waals surface area (Å²) in [6.45, 7) is -0.121. The first-order valence-corrected chi connectivity index (χ1v) is 6.55. The highest BCUT2D eigenvalue weighted by molar-refractivity contribution is 5.95. The number of primary amides is 1. The highest BCUT2D eigenvalue weighted by Gasteiger charge is 2.05. The summed E-state index contributed by atoms with van der Waals surface area (Å²) >= 11 is 0. The van der Waals surface area contributed by atoms with Gasteiger partial charge < -0.3 is 20.5 Å². The SMILES string of the molecule is COc1ccc(OCC(=O)Nc2ccc(C(N)=O)cc2)cc1. The van der Waals surface area contributed by atoms with Crippen LogP contribution in [-0.2, 0) is 4.79 Å². The summed E-state index contributed by atoms with van der Waals surface area (Å²) in [7, 11) is 1.58. The number of amides is 2. The maximum Gasteiger partial charge on any atom is 0.262 e. The van der Waals surface area contributed by atoms with E-state index >= 15 is 0 Å². The molecule has 0 unspecified atom stereocenters. The number of nitrogens with one attached hydrogen (secondary N) is 1. The van der Waals surface area contributed by atoms with Crippen molar-refractivity contribution in [3.05, 3.63) is 54.1 Å². The fraction of sp³-hybridized carbons (Fsp3) is 0.125. The Morgan fingerprint density at radius 1 is 1.00 bits per heavy atom. The van der Waals surface area contributed by atoms with Crippen LogP contribution in [0.2, 0.25) is 0 Å². The molecule has 0 heterocycles. The van der Waals surface area contributed by atoms with Crippen molar-refractivity contribution in [1.29, 1.82) is 0 Å². The van der Waals surface area contributed by atoms with Gasteiger partial charge >= 0.3 is 0 Å². The van der Waals surface area contributed by atoms with E-state index < -0.39 is 5.91 Å². The van der Waals surface area contributed by atoms with Crippen molar-refractivity contribution < 1.29 is 19.1 Å². The first kappa shape index (κ1) is 15.4. The van der Waals surface area contributed by atoms with E-state index in [4.69, 9.17) is 15.2 Å². The molecule has 6 nitrogen and oxygen atoms in total. The van der Waals surface area contributed by atoms with Crippen LogP contribution in [0, 0.1) is 0 Å². The van der Waals surface area contributed by atoms with Gasteiger partial charge in [-0.25, -0.2) is 0 Å². The molecule has 6 heteroatoms. The second-order valence-electron chi connectivity index (χ2n) is 4.45. The normalized spacial score (nSPS) is 9.86. The van der Waals surface area contributed by atoms with Crippen LogP contribution in [0.1, 0.15) is 10.4 Å². The summed E-state index contributed by atoms with van der Waals surface area (Å²) in [6.07, 6.45) is 0. The molecule has 2 aromatic carbocycles. The third kappa shape index (κ3) is 4.24. The number of methoxy groups -OCH3 is 1. The van der Waals surface area contributed by atoms with E-state index in [1.165, 1.54) is 0 Å². The van der Waals surface area contributed by atoms with Crippen molar-refractivity contribution >= 4 is 17.5 Å². The number of ether oxygens (including phenoxy) is 2. The summed E-state index contributed by atoms with van der Waals surface area (Å²) in [5, 5.41) is 2.66. The zero-order chi connectivity index (χ0) is 15.9. The highest BCUT2D eigenvalue weighted by Crippen LogP contribution is 2.17. The Morgan fingerprint density at radius 3 is 2.14 bits per heavy atom. The minimum atomic E-state index is -0.513. The van der Waals surface area contributed by atoms with Gasteiger partial charge in [0.1, 0.15) is 11.5 Å². The lowest BCUT2D eigenvalue weighted by Crippen LogP contribution is -2.20. The molecular formula is C16H16N2O4. The van der Waals surface area contributed by atoms with Crippen LogP contribution < -0.4 is 20.5 Å². The van der Waals surface area contributed by atoms with Crippen molar-refractivity contribution in [3.63, 3.8) is 0 Å². The van der Waals surface area contributed by atoms with Crippen molar-refractivity contribution in [3.8, 4) is 11.5 Å². The average Bonchev–Trinajstić information content (AvgIpc) is 2.54. The third-order valence-corrected chi connectivity index (χ3v) is 2.88. The molecule has 0 aromatic heterocycles. The molecule has 2 aromatic rings. The van der Waals surface area contributed by atoms with Crippen LogP contribution in [0.4, 0.5) is 5.69 Å². The van der Waals surface area contributed by atoms with Crippen molar-refractivity contribution in [1.82, 2.24) is 0 Å². The maximum absolute atomic E-state index is 11.8. The summed E-state index contributed by atoms with van der Waals surface area (Å²) in [4.78, 5) is 22.7. The molecule has 0 saturated heterocycles. The molecule has 2 rings (SSSR count). The number of rotatable bonds is 6. The van der Waals surface area contributed by atoms with Gasteiger partial charge in [-0.2, -0.15) is 0 Å². The zero-order valence-corrected chi connectivity index (χ0v) is 12.0. The van der Waals surface area contributed by atoms with Gasteiger partial charge in [-0.1, -0.05) is 0 Å². The Bertz CT molecular complexity index is 651. The largest absolute Gasteiger partial charge is 0.497 e. The zero-order valence-electron chi connectivity index (χ0n) is 12.0. The Morgan fingerprint density at radius 2 is 1.59 bits per heavy atom. The van der Waals surface area contributed by atoms with Gasteiger partial charge in [0.15, 0.2) is 6.61 Å². The highest BCUT2D eigenvalue weighted by atomic mass is 16.5. The number of carbonyl (C=O) groups excluding carboxylic acids is 2.